The minimum atomic E-state index is -1.13. The van der Waals surface area contributed by atoms with Crippen molar-refractivity contribution in [2.24, 2.45) is 0 Å². The molecule has 0 fully saturated rings. The Bertz CT molecular complexity index is 172. The fourth-order valence-corrected chi connectivity index (χ4v) is 2.83. The molecule has 0 N–H and O–H groups in total. The first-order chi connectivity index (χ1) is 4.30. The monoisotopic (exact) mass is 228 g/mol. The standard InChI is InChI=1S/C5H4N.2CH3.Sn/c1-2-4-6-5-3-1;;;/h1-4H;2*1H3;. The van der Waals surface area contributed by atoms with Crippen LogP contribution >= 0.6 is 0 Å². The summed E-state index contributed by atoms with van der Waals surface area (Å²) in [4.78, 5) is 8.94. The van der Waals surface area contributed by atoms with E-state index in [0.29, 0.717) is 0 Å². The molecule has 0 aliphatic carbocycles. The number of rotatable bonds is 1. The Balaban J connectivity index is 2.85. The first-order valence-electron chi connectivity index (χ1n) is 3.02. The average molecular weight is 227 g/mol. The zero-order valence-electron chi connectivity index (χ0n) is 5.76. The number of hydrogen-bond donors (Lipinski definition) is 0. The molecule has 0 aromatic carbocycles. The van der Waals surface area contributed by atoms with Gasteiger partial charge in [0, 0.05) is 0 Å². The van der Waals surface area contributed by atoms with Crippen molar-refractivity contribution in [3.8, 4) is 0 Å². The van der Waals surface area contributed by atoms with Gasteiger partial charge in [-0.1, -0.05) is 0 Å². The number of aromatic nitrogens is 1. The van der Waals surface area contributed by atoms with Crippen molar-refractivity contribution in [2.45, 2.75) is 9.88 Å². The van der Waals surface area contributed by atoms with Crippen LogP contribution in [-0.2, 0) is 0 Å². The molecular formula is C7H10NSn. The third kappa shape index (κ3) is 1.97. The summed E-state index contributed by atoms with van der Waals surface area (Å²) in [6.45, 7) is 0. The van der Waals surface area contributed by atoms with E-state index >= 15 is 0 Å². The Morgan fingerprint density at radius 1 is 1.33 bits per heavy atom. The van der Waals surface area contributed by atoms with Crippen molar-refractivity contribution in [1.82, 2.24) is 4.98 Å². The van der Waals surface area contributed by atoms with Crippen molar-refractivity contribution in [2.75, 3.05) is 0 Å². The molecule has 1 rings (SSSR count). The average Bonchev–Trinajstić information content (AvgIpc) is 1.90. The van der Waals surface area contributed by atoms with E-state index in [9.17, 15) is 0 Å². The molecule has 0 atom stereocenters. The van der Waals surface area contributed by atoms with Gasteiger partial charge in [0.2, 0.25) is 0 Å². The molecule has 9 heavy (non-hydrogen) atoms. The van der Waals surface area contributed by atoms with Crippen molar-refractivity contribution in [3.63, 3.8) is 0 Å². The summed E-state index contributed by atoms with van der Waals surface area (Å²) in [5.74, 6) is 0. The summed E-state index contributed by atoms with van der Waals surface area (Å²) in [6.07, 6.45) is 1.88. The quantitative estimate of drug-likeness (QED) is 0.653. The van der Waals surface area contributed by atoms with Gasteiger partial charge in [0.25, 0.3) is 0 Å². The molecule has 0 spiro atoms. The van der Waals surface area contributed by atoms with Crippen LogP contribution in [0.1, 0.15) is 0 Å². The first-order valence-corrected chi connectivity index (χ1v) is 10.2. The molecular weight excluding hydrogens is 217 g/mol. The van der Waals surface area contributed by atoms with Gasteiger partial charge in [0.05, 0.1) is 0 Å². The topological polar surface area (TPSA) is 12.9 Å². The van der Waals surface area contributed by atoms with E-state index < -0.39 is 19.8 Å². The molecule has 0 aliphatic rings. The Morgan fingerprint density at radius 2 is 2.11 bits per heavy atom. The fraction of sp³-hybridized carbons (Fsp3) is 0.286. The van der Waals surface area contributed by atoms with Gasteiger partial charge >= 0.3 is 62.7 Å². The van der Waals surface area contributed by atoms with Crippen LogP contribution in [-0.4, -0.2) is 24.7 Å². The maximum atomic E-state index is 4.27. The molecule has 0 saturated carbocycles. The van der Waals surface area contributed by atoms with E-state index in [1.807, 2.05) is 12.3 Å². The number of pyridine rings is 1. The van der Waals surface area contributed by atoms with Gasteiger partial charge in [-0.25, -0.2) is 0 Å². The van der Waals surface area contributed by atoms with Crippen molar-refractivity contribution in [3.05, 3.63) is 24.4 Å². The second-order valence-electron chi connectivity index (χ2n) is 2.21. The molecule has 1 heterocycles. The second kappa shape index (κ2) is 3.20. The third-order valence-electron chi connectivity index (χ3n) is 1.18. The van der Waals surface area contributed by atoms with E-state index in [2.05, 4.69) is 27.0 Å². The van der Waals surface area contributed by atoms with Gasteiger partial charge in [-0.2, -0.15) is 0 Å². The summed E-state index contributed by atoms with van der Waals surface area (Å²) in [6, 6.07) is 6.17. The van der Waals surface area contributed by atoms with Crippen LogP contribution in [0.4, 0.5) is 0 Å². The molecule has 0 unspecified atom stereocenters. The van der Waals surface area contributed by atoms with E-state index in [1.165, 1.54) is 3.71 Å². The summed E-state index contributed by atoms with van der Waals surface area (Å²) >= 11 is -1.13. The first kappa shape index (κ1) is 7.06. The van der Waals surface area contributed by atoms with Crippen molar-refractivity contribution in [1.29, 1.82) is 0 Å². The molecule has 1 aromatic rings. The summed E-state index contributed by atoms with van der Waals surface area (Å²) < 4.78 is 1.36. The van der Waals surface area contributed by atoms with Crippen LogP contribution in [0.15, 0.2) is 24.4 Å². The van der Waals surface area contributed by atoms with Crippen LogP contribution in [0.2, 0.25) is 9.88 Å². The number of hydrogen-bond acceptors (Lipinski definition) is 1. The van der Waals surface area contributed by atoms with Crippen LogP contribution in [0.5, 0.6) is 0 Å². The minimum absolute atomic E-state index is 1.13. The zero-order chi connectivity index (χ0) is 6.69. The van der Waals surface area contributed by atoms with Crippen molar-refractivity contribution < 1.29 is 0 Å². The van der Waals surface area contributed by atoms with E-state index in [-0.39, 0.29) is 0 Å². The fourth-order valence-electron chi connectivity index (χ4n) is 0.659. The van der Waals surface area contributed by atoms with E-state index in [4.69, 9.17) is 0 Å². The summed E-state index contributed by atoms with van der Waals surface area (Å²) in [5, 5.41) is 0. The van der Waals surface area contributed by atoms with Crippen LogP contribution in [0, 0.1) is 0 Å². The van der Waals surface area contributed by atoms with Gasteiger partial charge in [-0.15, -0.1) is 0 Å². The molecule has 1 aromatic heterocycles. The van der Waals surface area contributed by atoms with Gasteiger partial charge in [0.1, 0.15) is 0 Å². The van der Waals surface area contributed by atoms with Gasteiger partial charge in [-0.3, -0.25) is 0 Å². The van der Waals surface area contributed by atoms with Gasteiger partial charge in [-0.05, 0) is 0 Å². The Morgan fingerprint density at radius 3 is 2.44 bits per heavy atom. The van der Waals surface area contributed by atoms with E-state index in [0.717, 1.165) is 0 Å². The third-order valence-corrected chi connectivity index (χ3v) is 4.95. The molecule has 0 bridgehead atoms. The normalized spacial score (nSPS) is 10.1. The Labute approximate surface area is 62.9 Å². The van der Waals surface area contributed by atoms with Gasteiger partial charge < -0.3 is 0 Å². The summed E-state index contributed by atoms with van der Waals surface area (Å²) in [7, 11) is 0. The zero-order valence-corrected chi connectivity index (χ0v) is 8.61. The molecule has 47 valence electrons. The second-order valence-corrected chi connectivity index (χ2v) is 9.39. The Hall–Kier alpha value is -0.0513. The molecule has 0 saturated heterocycles. The van der Waals surface area contributed by atoms with Crippen LogP contribution < -0.4 is 3.71 Å². The number of nitrogens with zero attached hydrogens (tertiary/aromatic N) is 1. The maximum absolute atomic E-state index is 4.27. The SMILES string of the molecule is [CH3][Sn]([CH3])[c]1ccccn1. The molecule has 2 heteroatoms. The predicted molar refractivity (Wildman–Crippen MR) is 41.4 cm³/mol. The van der Waals surface area contributed by atoms with Crippen LogP contribution in [0.25, 0.3) is 0 Å². The molecule has 1 radical (unpaired) electrons. The van der Waals surface area contributed by atoms with Crippen molar-refractivity contribution >= 4 is 23.5 Å². The Kier molecular flexibility index (Phi) is 2.51. The summed E-state index contributed by atoms with van der Waals surface area (Å²) in [5.41, 5.74) is 0. The predicted octanol–water partition coefficient (Wildman–Crippen LogP) is 1.04. The van der Waals surface area contributed by atoms with E-state index in [1.54, 1.807) is 0 Å². The molecule has 1 nitrogen and oxygen atoms in total. The molecule has 0 aliphatic heterocycles. The molecule has 0 amide bonds. The van der Waals surface area contributed by atoms with Crippen LogP contribution in [0.3, 0.4) is 0 Å². The van der Waals surface area contributed by atoms with Gasteiger partial charge in [0.15, 0.2) is 0 Å².